The number of piperazine rings is 1. The maximum atomic E-state index is 14.0. The molecule has 1 N–H and O–H groups in total. The molecule has 2 atom stereocenters. The summed E-state index contributed by atoms with van der Waals surface area (Å²) < 4.78 is 11.4. The van der Waals surface area contributed by atoms with Crippen LogP contribution < -0.4 is 9.47 Å². The van der Waals surface area contributed by atoms with Crippen molar-refractivity contribution in [1.82, 2.24) is 14.8 Å². The zero-order chi connectivity index (χ0) is 24.1. The Morgan fingerprint density at radius 3 is 2.51 bits per heavy atom. The van der Waals surface area contributed by atoms with Crippen molar-refractivity contribution < 1.29 is 19.1 Å². The number of amides is 2. The van der Waals surface area contributed by atoms with Gasteiger partial charge in [-0.2, -0.15) is 0 Å². The van der Waals surface area contributed by atoms with E-state index in [-0.39, 0.29) is 24.4 Å². The van der Waals surface area contributed by atoms with Crippen LogP contribution in [0.15, 0.2) is 42.5 Å². The van der Waals surface area contributed by atoms with Gasteiger partial charge in [-0.25, -0.2) is 0 Å². The van der Waals surface area contributed by atoms with Gasteiger partial charge in [0.05, 0.1) is 14.2 Å². The second kappa shape index (κ2) is 8.63. The van der Waals surface area contributed by atoms with E-state index in [2.05, 4.69) is 11.1 Å². The molecule has 35 heavy (non-hydrogen) atoms. The van der Waals surface area contributed by atoms with Crippen LogP contribution in [0.3, 0.4) is 0 Å². The number of benzene rings is 2. The molecule has 2 fully saturated rings. The van der Waals surface area contributed by atoms with Crippen molar-refractivity contribution in [3.63, 3.8) is 0 Å². The summed E-state index contributed by atoms with van der Waals surface area (Å²) >= 11 is 0. The number of para-hydroxylation sites is 2. The Morgan fingerprint density at radius 2 is 1.74 bits per heavy atom. The van der Waals surface area contributed by atoms with Crippen molar-refractivity contribution in [2.45, 2.75) is 56.7 Å². The minimum absolute atomic E-state index is 0.0145. The first kappa shape index (κ1) is 22.0. The molecule has 7 heteroatoms. The maximum Gasteiger partial charge on any atom is 0.246 e. The molecule has 2 aromatic carbocycles. The van der Waals surface area contributed by atoms with Gasteiger partial charge in [0.15, 0.2) is 11.5 Å². The van der Waals surface area contributed by atoms with Gasteiger partial charge in [0, 0.05) is 34.6 Å². The zero-order valence-electron chi connectivity index (χ0n) is 20.3. The van der Waals surface area contributed by atoms with Gasteiger partial charge in [-0.05, 0) is 30.5 Å². The van der Waals surface area contributed by atoms with Crippen LogP contribution in [-0.4, -0.2) is 59.4 Å². The van der Waals surface area contributed by atoms with Crippen LogP contribution >= 0.6 is 0 Å². The summed E-state index contributed by atoms with van der Waals surface area (Å²) in [6.45, 7) is 0.137. The largest absolute Gasteiger partial charge is 0.493 e. The molecule has 2 amide bonds. The number of hydrogen-bond acceptors (Lipinski definition) is 4. The first-order chi connectivity index (χ1) is 17.1. The number of hydrogen-bond donors (Lipinski definition) is 1. The number of methoxy groups -OCH3 is 2. The lowest BCUT2D eigenvalue weighted by Gasteiger charge is -2.49. The fourth-order valence-corrected chi connectivity index (χ4v) is 6.44. The van der Waals surface area contributed by atoms with E-state index < -0.39 is 12.1 Å². The number of aromatic amines is 1. The molecule has 3 aliphatic rings. The van der Waals surface area contributed by atoms with Crippen LogP contribution in [0.1, 0.15) is 55.0 Å². The van der Waals surface area contributed by atoms with E-state index in [1.165, 1.54) is 6.42 Å². The van der Waals surface area contributed by atoms with Gasteiger partial charge in [-0.1, -0.05) is 49.6 Å². The van der Waals surface area contributed by atoms with Crippen molar-refractivity contribution in [1.29, 1.82) is 0 Å². The summed E-state index contributed by atoms with van der Waals surface area (Å²) in [6, 6.07) is 13.0. The average molecular weight is 474 g/mol. The molecular formula is C28H31N3O4. The Bertz CT molecular complexity index is 1290. The van der Waals surface area contributed by atoms with E-state index in [9.17, 15) is 9.59 Å². The molecule has 0 spiro atoms. The highest BCUT2D eigenvalue weighted by atomic mass is 16.5. The molecule has 3 aromatic rings. The first-order valence-electron chi connectivity index (χ1n) is 12.5. The van der Waals surface area contributed by atoms with Gasteiger partial charge in [-0.15, -0.1) is 0 Å². The minimum Gasteiger partial charge on any atom is -0.493 e. The molecule has 6 rings (SSSR count). The average Bonchev–Trinajstić information content (AvgIpc) is 3.28. The van der Waals surface area contributed by atoms with Crippen LogP contribution in [0, 0.1) is 0 Å². The summed E-state index contributed by atoms with van der Waals surface area (Å²) in [6.07, 6.45) is 5.92. The second-order valence-electron chi connectivity index (χ2n) is 9.83. The maximum absolute atomic E-state index is 14.0. The highest BCUT2D eigenvalue weighted by Crippen LogP contribution is 2.47. The van der Waals surface area contributed by atoms with E-state index >= 15 is 0 Å². The van der Waals surface area contributed by atoms with Gasteiger partial charge in [0.1, 0.15) is 18.6 Å². The Kier molecular flexibility index (Phi) is 5.43. The molecule has 3 heterocycles. The fourth-order valence-electron chi connectivity index (χ4n) is 6.44. The van der Waals surface area contributed by atoms with E-state index in [1.54, 1.807) is 19.1 Å². The van der Waals surface area contributed by atoms with Crippen LogP contribution in [0.2, 0.25) is 0 Å². The number of rotatable bonds is 4. The van der Waals surface area contributed by atoms with Gasteiger partial charge < -0.3 is 24.3 Å². The summed E-state index contributed by atoms with van der Waals surface area (Å²) in [5.74, 6) is 1.24. The summed E-state index contributed by atoms with van der Waals surface area (Å²) in [7, 11) is 3.22. The summed E-state index contributed by atoms with van der Waals surface area (Å²) in [5, 5.41) is 1.10. The molecule has 1 saturated carbocycles. The summed E-state index contributed by atoms with van der Waals surface area (Å²) in [5.41, 5.74) is 3.87. The van der Waals surface area contributed by atoms with E-state index in [0.717, 1.165) is 53.4 Å². The van der Waals surface area contributed by atoms with E-state index in [0.29, 0.717) is 17.9 Å². The topological polar surface area (TPSA) is 74.9 Å². The molecule has 2 unspecified atom stereocenters. The number of nitrogens with one attached hydrogen (secondary N) is 1. The number of nitrogens with zero attached hydrogens (tertiary/aromatic N) is 2. The monoisotopic (exact) mass is 473 g/mol. The van der Waals surface area contributed by atoms with Crippen LogP contribution in [0.5, 0.6) is 11.5 Å². The van der Waals surface area contributed by atoms with Gasteiger partial charge in [0.2, 0.25) is 11.8 Å². The quantitative estimate of drug-likeness (QED) is 0.616. The van der Waals surface area contributed by atoms with Crippen LogP contribution in [0.4, 0.5) is 0 Å². The molecular weight excluding hydrogens is 442 g/mol. The van der Waals surface area contributed by atoms with Crippen LogP contribution in [0.25, 0.3) is 10.9 Å². The zero-order valence-corrected chi connectivity index (χ0v) is 20.3. The second-order valence-corrected chi connectivity index (χ2v) is 9.83. The van der Waals surface area contributed by atoms with Gasteiger partial charge >= 0.3 is 0 Å². The smallest absolute Gasteiger partial charge is 0.246 e. The minimum atomic E-state index is -0.536. The predicted molar refractivity (Wildman–Crippen MR) is 133 cm³/mol. The Morgan fingerprint density at radius 1 is 0.943 bits per heavy atom. The van der Waals surface area contributed by atoms with E-state index in [4.69, 9.17) is 9.47 Å². The SMILES string of the molecule is COc1cccc(C2c3[nH]c4ccccc4c3CC3C(=O)N(C4CCCCC4)CC(=O)N32)c1OC. The Balaban J connectivity index is 1.52. The number of carbonyl (C=O) groups is 2. The lowest BCUT2D eigenvalue weighted by Crippen LogP contribution is -2.65. The lowest BCUT2D eigenvalue weighted by atomic mass is 9.84. The number of carbonyl (C=O) groups excluding carboxylic acids is 2. The van der Waals surface area contributed by atoms with Crippen LogP contribution in [-0.2, 0) is 16.0 Å². The fraction of sp³-hybridized carbons (Fsp3) is 0.429. The number of ether oxygens (including phenoxy) is 2. The van der Waals surface area contributed by atoms with E-state index in [1.807, 2.05) is 41.3 Å². The van der Waals surface area contributed by atoms with Gasteiger partial charge in [0.25, 0.3) is 0 Å². The highest BCUT2D eigenvalue weighted by molar-refractivity contribution is 5.98. The predicted octanol–water partition coefficient (Wildman–Crippen LogP) is 4.20. The standard InChI is InChI=1S/C28H31N3O4/c1-34-23-14-8-12-19(27(23)35-2)26-25-20(18-11-6-7-13-21(18)29-25)15-22-28(33)30(16-24(32)31(22)26)17-9-4-3-5-10-17/h6-8,11-14,17,22,26,29H,3-5,9-10,15-16H2,1-2H3. The Labute approximate surface area is 205 Å². The molecule has 1 saturated heterocycles. The third-order valence-electron chi connectivity index (χ3n) is 8.04. The third-order valence-corrected chi connectivity index (χ3v) is 8.04. The normalized spacial score (nSPS) is 22.8. The first-order valence-corrected chi connectivity index (χ1v) is 12.5. The molecule has 0 radical (unpaired) electrons. The molecule has 0 bridgehead atoms. The molecule has 182 valence electrons. The van der Waals surface area contributed by atoms with Crippen molar-refractivity contribution in [2.24, 2.45) is 0 Å². The molecule has 7 nitrogen and oxygen atoms in total. The Hall–Kier alpha value is -3.48. The number of aromatic nitrogens is 1. The highest BCUT2D eigenvalue weighted by Gasteiger charge is 2.50. The number of H-pyrrole nitrogens is 1. The van der Waals surface area contributed by atoms with Crippen molar-refractivity contribution in [3.8, 4) is 11.5 Å². The lowest BCUT2D eigenvalue weighted by molar-refractivity contribution is -0.161. The van der Waals surface area contributed by atoms with Crippen molar-refractivity contribution in [3.05, 3.63) is 59.3 Å². The molecule has 2 aliphatic heterocycles. The third kappa shape index (κ3) is 3.39. The summed E-state index contributed by atoms with van der Waals surface area (Å²) in [4.78, 5) is 35.1. The van der Waals surface area contributed by atoms with Crippen molar-refractivity contribution >= 4 is 22.7 Å². The number of fused-ring (bicyclic) bond motifs is 4. The van der Waals surface area contributed by atoms with Crippen molar-refractivity contribution in [2.75, 3.05) is 20.8 Å². The molecule has 1 aromatic heterocycles. The van der Waals surface area contributed by atoms with Gasteiger partial charge in [-0.3, -0.25) is 9.59 Å². The molecule has 1 aliphatic carbocycles.